The van der Waals surface area contributed by atoms with Crippen LogP contribution in [0.3, 0.4) is 0 Å². The minimum Gasteiger partial charge on any atom is -0.398 e. The smallest absolute Gasteiger partial charge is 0.0833 e. The van der Waals surface area contributed by atoms with E-state index in [9.17, 15) is 0 Å². The van der Waals surface area contributed by atoms with Gasteiger partial charge in [0.2, 0.25) is 0 Å². The summed E-state index contributed by atoms with van der Waals surface area (Å²) in [6.45, 7) is 1.94. The molecule has 0 aliphatic heterocycles. The monoisotopic (exact) mass is 268 g/mol. The van der Waals surface area contributed by atoms with Gasteiger partial charge in [-0.1, -0.05) is 48.6 Å². The molecule has 3 heteroatoms. The van der Waals surface area contributed by atoms with Crippen molar-refractivity contribution in [1.82, 2.24) is 0 Å². The van der Waals surface area contributed by atoms with Gasteiger partial charge in [-0.15, -0.1) is 0 Å². The van der Waals surface area contributed by atoms with Crippen molar-refractivity contribution < 1.29 is 4.74 Å². The summed E-state index contributed by atoms with van der Waals surface area (Å²) in [5.74, 6) is 0. The summed E-state index contributed by atoms with van der Waals surface area (Å²) in [6, 6.07) is 13.9. The number of methoxy groups -OCH3 is 1. The van der Waals surface area contributed by atoms with Gasteiger partial charge in [-0.25, -0.2) is 0 Å². The molecule has 0 fully saturated rings. The Morgan fingerprint density at radius 1 is 1.00 bits per heavy atom. The molecule has 0 aromatic heterocycles. The van der Waals surface area contributed by atoms with Crippen LogP contribution in [0, 0.1) is 0 Å². The highest BCUT2D eigenvalue weighted by atomic mass is 16.5. The van der Waals surface area contributed by atoms with Crippen molar-refractivity contribution in [2.45, 2.75) is 13.0 Å². The second kappa shape index (κ2) is 6.26. The van der Waals surface area contributed by atoms with Gasteiger partial charge in [0.15, 0.2) is 0 Å². The molecule has 1 atom stereocenters. The van der Waals surface area contributed by atoms with Gasteiger partial charge >= 0.3 is 0 Å². The largest absolute Gasteiger partial charge is 0.398 e. The molecule has 3 nitrogen and oxygen atoms in total. The summed E-state index contributed by atoms with van der Waals surface area (Å²) in [7, 11) is 1.65. The highest BCUT2D eigenvalue weighted by Crippen LogP contribution is 2.32. The minimum atomic E-state index is -0.125. The van der Waals surface area contributed by atoms with E-state index in [0.717, 1.165) is 16.7 Å². The molecule has 20 heavy (non-hydrogen) atoms. The number of nitrogens with two attached hydrogens (primary N) is 2. The quantitative estimate of drug-likeness (QED) is 0.656. The van der Waals surface area contributed by atoms with Gasteiger partial charge < -0.3 is 16.2 Å². The normalized spacial score (nSPS) is 12.7. The minimum absolute atomic E-state index is 0.125. The third-order valence-corrected chi connectivity index (χ3v) is 3.37. The molecule has 0 amide bonds. The average Bonchev–Trinajstić information content (AvgIpc) is 2.47. The van der Waals surface area contributed by atoms with E-state index in [-0.39, 0.29) is 6.10 Å². The second-order valence-electron chi connectivity index (χ2n) is 4.69. The lowest BCUT2D eigenvalue weighted by Crippen LogP contribution is -2.07. The van der Waals surface area contributed by atoms with E-state index in [4.69, 9.17) is 16.2 Å². The van der Waals surface area contributed by atoms with Gasteiger partial charge in [0.25, 0.3) is 0 Å². The van der Waals surface area contributed by atoms with Gasteiger partial charge in [-0.2, -0.15) is 0 Å². The van der Waals surface area contributed by atoms with Crippen LogP contribution in [0.4, 0.5) is 11.4 Å². The zero-order valence-electron chi connectivity index (χ0n) is 11.8. The molecule has 2 aromatic rings. The first kappa shape index (κ1) is 14.2. The van der Waals surface area contributed by atoms with Crippen LogP contribution in [0.15, 0.2) is 42.5 Å². The topological polar surface area (TPSA) is 61.3 Å². The van der Waals surface area contributed by atoms with Crippen LogP contribution >= 0.6 is 0 Å². The van der Waals surface area contributed by atoms with Crippen molar-refractivity contribution in [2.24, 2.45) is 0 Å². The van der Waals surface area contributed by atoms with Crippen molar-refractivity contribution in [3.8, 4) is 0 Å². The highest BCUT2D eigenvalue weighted by Gasteiger charge is 2.13. The van der Waals surface area contributed by atoms with Crippen molar-refractivity contribution in [3.63, 3.8) is 0 Å². The molecule has 0 bridgehead atoms. The summed E-state index contributed by atoms with van der Waals surface area (Å²) in [5, 5.41) is 0. The van der Waals surface area contributed by atoms with Crippen LogP contribution in [0.25, 0.3) is 12.2 Å². The Kier molecular flexibility index (Phi) is 4.43. The lowest BCUT2D eigenvalue weighted by molar-refractivity contribution is 0.120. The van der Waals surface area contributed by atoms with E-state index in [1.54, 1.807) is 7.11 Å². The lowest BCUT2D eigenvalue weighted by atomic mass is 10.0. The van der Waals surface area contributed by atoms with Gasteiger partial charge in [0, 0.05) is 24.0 Å². The molecule has 2 aromatic carbocycles. The second-order valence-corrected chi connectivity index (χ2v) is 4.69. The van der Waals surface area contributed by atoms with Gasteiger partial charge in [-0.05, 0) is 24.1 Å². The highest BCUT2D eigenvalue weighted by molar-refractivity contribution is 5.80. The van der Waals surface area contributed by atoms with Crippen LogP contribution in [0.5, 0.6) is 0 Å². The summed E-state index contributed by atoms with van der Waals surface area (Å²) in [5.41, 5.74) is 16.5. The summed E-state index contributed by atoms with van der Waals surface area (Å²) in [4.78, 5) is 0. The molecule has 104 valence electrons. The number of hydrogen-bond donors (Lipinski definition) is 2. The summed E-state index contributed by atoms with van der Waals surface area (Å²) >= 11 is 0. The van der Waals surface area contributed by atoms with E-state index in [0.29, 0.717) is 11.4 Å². The Balaban J connectivity index is 2.36. The maximum atomic E-state index is 6.21. The van der Waals surface area contributed by atoms with E-state index >= 15 is 0 Å². The number of anilines is 2. The molecule has 0 saturated carbocycles. The molecule has 0 heterocycles. The fourth-order valence-corrected chi connectivity index (χ4v) is 2.14. The molecule has 0 spiro atoms. The molecular weight excluding hydrogens is 248 g/mol. The summed E-state index contributed by atoms with van der Waals surface area (Å²) < 4.78 is 5.33. The lowest BCUT2D eigenvalue weighted by Gasteiger charge is -2.17. The predicted octanol–water partition coefficient (Wildman–Crippen LogP) is 3.73. The van der Waals surface area contributed by atoms with Crippen molar-refractivity contribution in [1.29, 1.82) is 0 Å². The number of rotatable bonds is 4. The first-order chi connectivity index (χ1) is 9.63. The van der Waals surface area contributed by atoms with Crippen LogP contribution in [-0.4, -0.2) is 7.11 Å². The molecule has 0 radical (unpaired) electrons. The SMILES string of the molecule is COC(C)c1c(N)ccc(C=Cc2ccccc2)c1N. The van der Waals surface area contributed by atoms with Crippen molar-refractivity contribution >= 4 is 23.5 Å². The zero-order chi connectivity index (χ0) is 14.5. The Morgan fingerprint density at radius 3 is 2.35 bits per heavy atom. The third-order valence-electron chi connectivity index (χ3n) is 3.37. The average molecular weight is 268 g/mol. The number of benzene rings is 2. The summed E-state index contributed by atoms with van der Waals surface area (Å²) in [6.07, 6.45) is 3.90. The first-order valence-electron chi connectivity index (χ1n) is 6.57. The predicted molar refractivity (Wildman–Crippen MR) is 86.1 cm³/mol. The Bertz CT molecular complexity index is 606. The molecule has 0 saturated heterocycles. The Labute approximate surface area is 119 Å². The molecule has 2 rings (SSSR count). The standard InChI is InChI=1S/C17H20N2O/c1-12(20-2)16-15(18)11-10-14(17(16)19)9-8-13-6-4-3-5-7-13/h3-12H,18-19H2,1-2H3. The maximum Gasteiger partial charge on any atom is 0.0833 e. The molecule has 4 N–H and O–H groups in total. The Morgan fingerprint density at radius 2 is 1.70 bits per heavy atom. The van der Waals surface area contributed by atoms with Crippen LogP contribution in [0.1, 0.15) is 29.7 Å². The fraction of sp³-hybridized carbons (Fsp3) is 0.176. The van der Waals surface area contributed by atoms with E-state index in [1.165, 1.54) is 0 Å². The zero-order valence-corrected chi connectivity index (χ0v) is 11.8. The fourth-order valence-electron chi connectivity index (χ4n) is 2.14. The van der Waals surface area contributed by atoms with E-state index in [2.05, 4.69) is 0 Å². The van der Waals surface area contributed by atoms with Crippen LogP contribution in [-0.2, 0) is 4.74 Å². The maximum absolute atomic E-state index is 6.21. The molecule has 1 unspecified atom stereocenters. The van der Waals surface area contributed by atoms with Crippen LogP contribution < -0.4 is 11.5 Å². The molecule has 0 aliphatic rings. The van der Waals surface area contributed by atoms with E-state index < -0.39 is 0 Å². The number of hydrogen-bond acceptors (Lipinski definition) is 3. The van der Waals surface area contributed by atoms with Gasteiger partial charge in [0.05, 0.1) is 6.10 Å². The first-order valence-corrected chi connectivity index (χ1v) is 6.57. The van der Waals surface area contributed by atoms with Crippen molar-refractivity contribution in [2.75, 3.05) is 18.6 Å². The number of ether oxygens (including phenoxy) is 1. The third kappa shape index (κ3) is 3.00. The number of nitrogen functional groups attached to an aromatic ring is 2. The molecular formula is C17H20N2O. The van der Waals surface area contributed by atoms with Crippen molar-refractivity contribution in [3.05, 3.63) is 59.2 Å². The Hall–Kier alpha value is -2.26. The van der Waals surface area contributed by atoms with Gasteiger partial charge in [0.1, 0.15) is 0 Å². The molecule has 0 aliphatic carbocycles. The van der Waals surface area contributed by atoms with E-state index in [1.807, 2.05) is 61.5 Å². The van der Waals surface area contributed by atoms with Gasteiger partial charge in [-0.3, -0.25) is 0 Å². The van der Waals surface area contributed by atoms with Crippen LogP contribution in [0.2, 0.25) is 0 Å².